The molecule has 1 aromatic carbocycles. The van der Waals surface area contributed by atoms with Gasteiger partial charge in [-0.2, -0.15) is 0 Å². The zero-order valence-corrected chi connectivity index (χ0v) is 10.8. The summed E-state index contributed by atoms with van der Waals surface area (Å²) in [4.78, 5) is 0. The first kappa shape index (κ1) is 11.8. The Labute approximate surface area is 103 Å². The van der Waals surface area contributed by atoms with Crippen molar-refractivity contribution in [3.05, 3.63) is 48.8 Å². The Bertz CT molecular complexity index is 464. The number of rotatable bonds is 3. The molecular formula is C15H20N2. The lowest BCUT2D eigenvalue weighted by molar-refractivity contribution is 0.443. The Morgan fingerprint density at radius 2 is 1.76 bits per heavy atom. The Morgan fingerprint density at radius 1 is 1.06 bits per heavy atom. The molecule has 0 unspecified atom stereocenters. The van der Waals surface area contributed by atoms with Crippen LogP contribution in [0.5, 0.6) is 0 Å². The van der Waals surface area contributed by atoms with E-state index in [1.807, 2.05) is 12.1 Å². The van der Waals surface area contributed by atoms with Gasteiger partial charge < -0.3 is 9.88 Å². The molecule has 90 valence electrons. The zero-order chi connectivity index (χ0) is 12.3. The van der Waals surface area contributed by atoms with Crippen molar-refractivity contribution < 1.29 is 0 Å². The van der Waals surface area contributed by atoms with Gasteiger partial charge in [0.25, 0.3) is 0 Å². The van der Waals surface area contributed by atoms with Crippen molar-refractivity contribution in [3.63, 3.8) is 0 Å². The third kappa shape index (κ3) is 3.38. The summed E-state index contributed by atoms with van der Waals surface area (Å²) in [7, 11) is 0. The molecule has 0 saturated carbocycles. The van der Waals surface area contributed by atoms with Gasteiger partial charge in [-0.15, -0.1) is 0 Å². The molecule has 1 N–H and O–H groups in total. The molecule has 2 rings (SSSR count). The van der Waals surface area contributed by atoms with E-state index in [0.29, 0.717) is 5.41 Å². The molecule has 2 nitrogen and oxygen atoms in total. The maximum Gasteiger partial charge on any atom is 0.0469 e. The summed E-state index contributed by atoms with van der Waals surface area (Å²) in [6, 6.07) is 12.6. The van der Waals surface area contributed by atoms with Gasteiger partial charge in [0.2, 0.25) is 0 Å². The Balaban J connectivity index is 2.12. The highest BCUT2D eigenvalue weighted by molar-refractivity contribution is 5.51. The van der Waals surface area contributed by atoms with Crippen LogP contribution in [0.3, 0.4) is 0 Å². The summed E-state index contributed by atoms with van der Waals surface area (Å²) in [6.45, 7) is 7.67. The van der Waals surface area contributed by atoms with Crippen molar-refractivity contribution in [3.8, 4) is 5.69 Å². The van der Waals surface area contributed by atoms with Crippen LogP contribution < -0.4 is 5.32 Å². The lowest BCUT2D eigenvalue weighted by Gasteiger charge is -2.20. The van der Waals surface area contributed by atoms with Crippen LogP contribution in [-0.4, -0.2) is 11.1 Å². The molecule has 2 aromatic rings. The minimum atomic E-state index is 0.295. The number of aromatic nitrogens is 1. The largest absolute Gasteiger partial charge is 0.384 e. The third-order valence-electron chi connectivity index (χ3n) is 2.57. The summed E-state index contributed by atoms with van der Waals surface area (Å²) in [5.41, 5.74) is 2.66. The Hall–Kier alpha value is -1.70. The quantitative estimate of drug-likeness (QED) is 0.842. The number of hydrogen-bond donors (Lipinski definition) is 1. The summed E-state index contributed by atoms with van der Waals surface area (Å²) < 4.78 is 2.11. The number of hydrogen-bond acceptors (Lipinski definition) is 1. The van der Waals surface area contributed by atoms with Crippen molar-refractivity contribution in [2.24, 2.45) is 5.41 Å². The lowest BCUT2D eigenvalue weighted by Crippen LogP contribution is -2.19. The van der Waals surface area contributed by atoms with E-state index in [2.05, 4.69) is 67.3 Å². The fourth-order valence-electron chi connectivity index (χ4n) is 1.65. The molecule has 0 atom stereocenters. The summed E-state index contributed by atoms with van der Waals surface area (Å²) in [5, 5.41) is 3.47. The van der Waals surface area contributed by atoms with E-state index in [1.165, 1.54) is 11.4 Å². The van der Waals surface area contributed by atoms with Gasteiger partial charge in [-0.05, 0) is 35.7 Å². The highest BCUT2D eigenvalue weighted by Crippen LogP contribution is 2.18. The second-order valence-corrected chi connectivity index (χ2v) is 5.55. The van der Waals surface area contributed by atoms with Crippen molar-refractivity contribution in [1.82, 2.24) is 4.57 Å². The van der Waals surface area contributed by atoms with Gasteiger partial charge in [0.15, 0.2) is 0 Å². The van der Waals surface area contributed by atoms with Crippen molar-refractivity contribution in [1.29, 1.82) is 0 Å². The van der Waals surface area contributed by atoms with Gasteiger partial charge in [0.1, 0.15) is 0 Å². The number of nitrogens with zero attached hydrogens (tertiary/aromatic N) is 1. The van der Waals surface area contributed by atoms with Gasteiger partial charge in [-0.1, -0.05) is 26.8 Å². The fourth-order valence-corrected chi connectivity index (χ4v) is 1.65. The second kappa shape index (κ2) is 4.66. The molecule has 17 heavy (non-hydrogen) atoms. The Morgan fingerprint density at radius 3 is 2.41 bits per heavy atom. The number of nitrogens with one attached hydrogen (secondary N) is 1. The van der Waals surface area contributed by atoms with Gasteiger partial charge >= 0.3 is 0 Å². The summed E-state index contributed by atoms with van der Waals surface area (Å²) in [6.07, 6.45) is 4.12. The van der Waals surface area contributed by atoms with Crippen LogP contribution in [0.2, 0.25) is 0 Å². The monoisotopic (exact) mass is 228 g/mol. The van der Waals surface area contributed by atoms with Crippen molar-refractivity contribution in [2.45, 2.75) is 20.8 Å². The average Bonchev–Trinajstić information content (AvgIpc) is 2.79. The van der Waals surface area contributed by atoms with E-state index in [0.717, 1.165) is 6.54 Å². The van der Waals surface area contributed by atoms with Gasteiger partial charge in [0, 0.05) is 30.3 Å². The van der Waals surface area contributed by atoms with E-state index in [-0.39, 0.29) is 0 Å². The second-order valence-electron chi connectivity index (χ2n) is 5.55. The van der Waals surface area contributed by atoms with E-state index in [1.54, 1.807) is 0 Å². The van der Waals surface area contributed by atoms with Gasteiger partial charge in [-0.25, -0.2) is 0 Å². The SMILES string of the molecule is CC(C)(C)CNc1cccc(-n2cccc2)c1. The van der Waals surface area contributed by atoms with E-state index >= 15 is 0 Å². The molecule has 0 aliphatic heterocycles. The predicted molar refractivity (Wildman–Crippen MR) is 73.7 cm³/mol. The van der Waals surface area contributed by atoms with Gasteiger partial charge in [-0.3, -0.25) is 0 Å². The molecule has 0 aliphatic carbocycles. The van der Waals surface area contributed by atoms with Gasteiger partial charge in [0.05, 0.1) is 0 Å². The maximum atomic E-state index is 3.47. The molecule has 0 spiro atoms. The number of benzene rings is 1. The van der Waals surface area contributed by atoms with E-state index in [9.17, 15) is 0 Å². The smallest absolute Gasteiger partial charge is 0.0469 e. The molecule has 0 amide bonds. The lowest BCUT2D eigenvalue weighted by atomic mass is 9.97. The molecule has 0 aliphatic rings. The van der Waals surface area contributed by atoms with Crippen LogP contribution in [0.25, 0.3) is 5.69 Å². The normalized spacial score (nSPS) is 11.5. The van der Waals surface area contributed by atoms with Crippen LogP contribution in [0.15, 0.2) is 48.8 Å². The van der Waals surface area contributed by atoms with Crippen LogP contribution in [0.4, 0.5) is 5.69 Å². The van der Waals surface area contributed by atoms with E-state index < -0.39 is 0 Å². The molecule has 2 heteroatoms. The first-order valence-electron chi connectivity index (χ1n) is 6.02. The molecule has 0 fully saturated rings. The Kier molecular flexibility index (Phi) is 3.23. The summed E-state index contributed by atoms with van der Waals surface area (Å²) in [5.74, 6) is 0. The third-order valence-corrected chi connectivity index (χ3v) is 2.57. The molecular weight excluding hydrogens is 208 g/mol. The van der Waals surface area contributed by atoms with Crippen LogP contribution in [0.1, 0.15) is 20.8 Å². The highest BCUT2D eigenvalue weighted by Gasteiger charge is 2.09. The summed E-state index contributed by atoms with van der Waals surface area (Å²) >= 11 is 0. The first-order chi connectivity index (χ1) is 8.04. The predicted octanol–water partition coefficient (Wildman–Crippen LogP) is 3.94. The first-order valence-corrected chi connectivity index (χ1v) is 6.02. The van der Waals surface area contributed by atoms with E-state index in [4.69, 9.17) is 0 Å². The molecule has 0 bridgehead atoms. The van der Waals surface area contributed by atoms with Crippen molar-refractivity contribution >= 4 is 5.69 Å². The molecule has 1 aromatic heterocycles. The fraction of sp³-hybridized carbons (Fsp3) is 0.333. The maximum absolute atomic E-state index is 3.47. The van der Waals surface area contributed by atoms with Crippen LogP contribution in [0, 0.1) is 5.41 Å². The zero-order valence-electron chi connectivity index (χ0n) is 10.8. The molecule has 0 radical (unpaired) electrons. The topological polar surface area (TPSA) is 17.0 Å². The van der Waals surface area contributed by atoms with Crippen LogP contribution in [-0.2, 0) is 0 Å². The van der Waals surface area contributed by atoms with Crippen LogP contribution >= 0.6 is 0 Å². The highest BCUT2D eigenvalue weighted by atomic mass is 14.9. The molecule has 0 saturated heterocycles. The molecule has 1 heterocycles. The van der Waals surface area contributed by atoms with Crippen molar-refractivity contribution in [2.75, 3.05) is 11.9 Å². The average molecular weight is 228 g/mol. The standard InChI is InChI=1S/C15H20N2/c1-15(2,3)12-16-13-7-6-8-14(11-13)17-9-4-5-10-17/h4-11,16H,12H2,1-3H3. The minimum absolute atomic E-state index is 0.295. The minimum Gasteiger partial charge on any atom is -0.384 e. The number of anilines is 1.